The predicted molar refractivity (Wildman–Crippen MR) is 87.5 cm³/mol. The molecule has 0 aliphatic carbocycles. The summed E-state index contributed by atoms with van der Waals surface area (Å²) in [7, 11) is 1.67. The average Bonchev–Trinajstić information content (AvgIpc) is 2.31. The SMILES string of the molecule is C/C(=C\C(C(C)C)N(C)C(=O)[C@@H](N)C(C)(C)C)C(=O)O.Cl. The number of halogens is 1. The number of hydrogen-bond acceptors (Lipinski definition) is 3. The van der Waals surface area contributed by atoms with Crippen molar-refractivity contribution in [2.24, 2.45) is 17.1 Å². The number of likely N-dealkylation sites (N-methyl/N-ethyl adjacent to an activating group) is 1. The molecule has 0 aromatic carbocycles. The molecule has 3 N–H and O–H groups in total. The summed E-state index contributed by atoms with van der Waals surface area (Å²) in [4.78, 5) is 24.9. The zero-order chi connectivity index (χ0) is 16.2. The molecule has 5 nitrogen and oxygen atoms in total. The summed E-state index contributed by atoms with van der Waals surface area (Å²) < 4.78 is 0. The molecule has 0 spiro atoms. The number of aliphatic carboxylic acids is 1. The van der Waals surface area contributed by atoms with Crippen molar-refractivity contribution >= 4 is 24.3 Å². The van der Waals surface area contributed by atoms with Crippen LogP contribution in [0.15, 0.2) is 11.6 Å². The van der Waals surface area contributed by atoms with Crippen molar-refractivity contribution in [2.45, 2.75) is 53.6 Å². The van der Waals surface area contributed by atoms with E-state index in [-0.39, 0.29) is 41.3 Å². The fourth-order valence-corrected chi connectivity index (χ4v) is 1.82. The maximum Gasteiger partial charge on any atom is 0.331 e. The Morgan fingerprint density at radius 3 is 1.95 bits per heavy atom. The Morgan fingerprint density at radius 1 is 1.24 bits per heavy atom. The number of nitrogens with two attached hydrogens (primary N) is 1. The number of carboxylic acids is 1. The van der Waals surface area contributed by atoms with E-state index < -0.39 is 12.0 Å². The summed E-state index contributed by atoms with van der Waals surface area (Å²) in [6.07, 6.45) is 1.61. The monoisotopic (exact) mass is 320 g/mol. The Bertz CT molecular complexity index is 400. The number of amides is 1. The molecule has 6 heteroatoms. The normalized spacial score (nSPS) is 15.2. The molecule has 0 aliphatic rings. The molecule has 0 saturated heterocycles. The van der Waals surface area contributed by atoms with E-state index in [0.29, 0.717) is 0 Å². The van der Waals surface area contributed by atoms with Gasteiger partial charge in [0.2, 0.25) is 5.91 Å². The van der Waals surface area contributed by atoms with Crippen LogP contribution in [0.3, 0.4) is 0 Å². The van der Waals surface area contributed by atoms with Crippen molar-refractivity contribution in [3.05, 3.63) is 11.6 Å². The highest BCUT2D eigenvalue weighted by atomic mass is 35.5. The number of carbonyl (C=O) groups is 2. The van der Waals surface area contributed by atoms with Crippen molar-refractivity contribution in [1.82, 2.24) is 4.90 Å². The van der Waals surface area contributed by atoms with Crippen molar-refractivity contribution in [2.75, 3.05) is 7.05 Å². The lowest BCUT2D eigenvalue weighted by Gasteiger charge is -2.35. The van der Waals surface area contributed by atoms with Crippen LogP contribution in [0.1, 0.15) is 41.5 Å². The molecule has 124 valence electrons. The molecule has 0 bridgehead atoms. The highest BCUT2D eigenvalue weighted by molar-refractivity contribution is 5.86. The standard InChI is InChI=1S/C15H28N2O3.ClH/c1-9(2)11(8-10(3)14(19)20)17(7)13(18)12(16)15(4,5)6;/h8-9,11-12H,16H2,1-7H3,(H,19,20);1H/b10-8+;/t11?,12-;/m1./s1. The fourth-order valence-electron chi connectivity index (χ4n) is 1.82. The largest absolute Gasteiger partial charge is 0.478 e. The minimum atomic E-state index is -0.975. The molecule has 0 aromatic heterocycles. The maximum absolute atomic E-state index is 12.4. The van der Waals surface area contributed by atoms with E-state index in [1.165, 1.54) is 6.92 Å². The van der Waals surface area contributed by atoms with Gasteiger partial charge in [0.1, 0.15) is 0 Å². The molecular weight excluding hydrogens is 292 g/mol. The molecule has 1 unspecified atom stereocenters. The first kappa shape index (κ1) is 22.2. The topological polar surface area (TPSA) is 83.6 Å². The molecule has 1 amide bonds. The van der Waals surface area contributed by atoms with Gasteiger partial charge >= 0.3 is 5.97 Å². The minimum absolute atomic E-state index is 0. The first-order valence-corrected chi connectivity index (χ1v) is 6.83. The predicted octanol–water partition coefficient (Wildman–Crippen LogP) is 2.30. The molecule has 0 heterocycles. The second kappa shape index (κ2) is 8.39. The second-order valence-corrected chi connectivity index (χ2v) is 6.68. The third kappa shape index (κ3) is 6.48. The molecule has 0 aromatic rings. The summed E-state index contributed by atoms with van der Waals surface area (Å²) in [5.41, 5.74) is 5.89. The molecule has 0 saturated carbocycles. The van der Waals surface area contributed by atoms with Crippen molar-refractivity contribution < 1.29 is 14.7 Å². The second-order valence-electron chi connectivity index (χ2n) is 6.68. The van der Waals surface area contributed by atoms with Crippen LogP contribution in [-0.4, -0.2) is 41.0 Å². The Labute approximate surface area is 134 Å². The van der Waals surface area contributed by atoms with Crippen LogP contribution in [-0.2, 0) is 9.59 Å². The highest BCUT2D eigenvalue weighted by Gasteiger charge is 2.32. The van der Waals surface area contributed by atoms with E-state index in [1.54, 1.807) is 18.0 Å². The Morgan fingerprint density at radius 2 is 1.67 bits per heavy atom. The number of nitrogens with zero attached hydrogens (tertiary/aromatic N) is 1. The number of hydrogen-bond donors (Lipinski definition) is 2. The zero-order valence-electron chi connectivity index (χ0n) is 14.0. The number of carbonyl (C=O) groups excluding carboxylic acids is 1. The van der Waals surface area contributed by atoms with E-state index in [4.69, 9.17) is 10.8 Å². The summed E-state index contributed by atoms with van der Waals surface area (Å²) in [6.45, 7) is 11.1. The summed E-state index contributed by atoms with van der Waals surface area (Å²) in [5.74, 6) is -1.05. The van der Waals surface area contributed by atoms with Gasteiger partial charge in [0.15, 0.2) is 0 Å². The fraction of sp³-hybridized carbons (Fsp3) is 0.733. The van der Waals surface area contributed by atoms with Crippen molar-refractivity contribution in [3.8, 4) is 0 Å². The molecule has 0 radical (unpaired) electrons. The Balaban J connectivity index is 0. The lowest BCUT2D eigenvalue weighted by atomic mass is 9.86. The third-order valence-corrected chi connectivity index (χ3v) is 3.44. The van der Waals surface area contributed by atoms with Gasteiger partial charge in [-0.25, -0.2) is 4.79 Å². The smallest absolute Gasteiger partial charge is 0.331 e. The third-order valence-electron chi connectivity index (χ3n) is 3.44. The minimum Gasteiger partial charge on any atom is -0.478 e. The first-order chi connectivity index (χ1) is 8.89. The Kier molecular flexibility index (Phi) is 8.88. The Hall–Kier alpha value is -1.07. The zero-order valence-corrected chi connectivity index (χ0v) is 14.8. The van der Waals surface area contributed by atoms with E-state index >= 15 is 0 Å². The van der Waals surface area contributed by atoms with Gasteiger partial charge < -0.3 is 15.7 Å². The quantitative estimate of drug-likeness (QED) is 0.761. The van der Waals surface area contributed by atoms with Crippen LogP contribution in [0.25, 0.3) is 0 Å². The van der Waals surface area contributed by atoms with Crippen LogP contribution >= 0.6 is 12.4 Å². The number of rotatable bonds is 5. The van der Waals surface area contributed by atoms with Crippen LogP contribution in [0.2, 0.25) is 0 Å². The van der Waals surface area contributed by atoms with E-state index in [0.717, 1.165) is 0 Å². The van der Waals surface area contributed by atoms with Gasteiger partial charge in [-0.15, -0.1) is 12.4 Å². The van der Waals surface area contributed by atoms with Crippen molar-refractivity contribution in [1.29, 1.82) is 0 Å². The van der Waals surface area contributed by atoms with Gasteiger partial charge in [0.25, 0.3) is 0 Å². The lowest BCUT2D eigenvalue weighted by Crippen LogP contribution is -2.52. The maximum atomic E-state index is 12.4. The molecule has 2 atom stereocenters. The van der Waals surface area contributed by atoms with Gasteiger partial charge in [-0.05, 0) is 18.3 Å². The van der Waals surface area contributed by atoms with Crippen LogP contribution < -0.4 is 5.73 Å². The van der Waals surface area contributed by atoms with E-state index in [2.05, 4.69) is 0 Å². The molecule has 0 rings (SSSR count). The van der Waals surface area contributed by atoms with Crippen LogP contribution in [0.5, 0.6) is 0 Å². The van der Waals surface area contributed by atoms with Gasteiger partial charge in [-0.1, -0.05) is 40.7 Å². The van der Waals surface area contributed by atoms with Crippen LogP contribution in [0, 0.1) is 11.3 Å². The highest BCUT2D eigenvalue weighted by Crippen LogP contribution is 2.21. The molecule has 0 aliphatic heterocycles. The molecule has 21 heavy (non-hydrogen) atoms. The summed E-state index contributed by atoms with van der Waals surface area (Å²) in [5, 5.41) is 8.98. The van der Waals surface area contributed by atoms with Gasteiger partial charge in [-0.3, -0.25) is 4.79 Å². The molecule has 0 fully saturated rings. The van der Waals surface area contributed by atoms with Gasteiger partial charge in [0, 0.05) is 12.6 Å². The number of carboxylic acid groups (broad SMARTS) is 1. The van der Waals surface area contributed by atoms with Crippen molar-refractivity contribution in [3.63, 3.8) is 0 Å². The van der Waals surface area contributed by atoms with Gasteiger partial charge in [0.05, 0.1) is 12.1 Å². The summed E-state index contributed by atoms with van der Waals surface area (Å²) >= 11 is 0. The first-order valence-electron chi connectivity index (χ1n) is 6.83. The molecular formula is C15H29ClN2O3. The van der Waals surface area contributed by atoms with Gasteiger partial charge in [-0.2, -0.15) is 0 Å². The van der Waals surface area contributed by atoms with E-state index in [9.17, 15) is 9.59 Å². The van der Waals surface area contributed by atoms with E-state index in [1.807, 2.05) is 34.6 Å². The summed E-state index contributed by atoms with van der Waals surface area (Å²) in [6, 6.07) is -0.903. The average molecular weight is 321 g/mol. The van der Waals surface area contributed by atoms with Crippen LogP contribution in [0.4, 0.5) is 0 Å². The lowest BCUT2D eigenvalue weighted by molar-refractivity contribution is -0.136.